The van der Waals surface area contributed by atoms with Gasteiger partial charge in [0, 0.05) is 31.7 Å². The van der Waals surface area contributed by atoms with E-state index in [1.807, 2.05) is 18.2 Å². The van der Waals surface area contributed by atoms with Gasteiger partial charge < -0.3 is 19.5 Å². The zero-order valence-electron chi connectivity index (χ0n) is 15.7. The number of H-pyrrole nitrogens is 1. The van der Waals surface area contributed by atoms with E-state index in [2.05, 4.69) is 23.7 Å². The average molecular weight is 378 g/mol. The fraction of sp³-hybridized carbons (Fsp3) is 0.579. The van der Waals surface area contributed by atoms with E-state index in [4.69, 9.17) is 17.0 Å². The highest BCUT2D eigenvalue weighted by Crippen LogP contribution is 2.20. The number of aromatic nitrogens is 2. The van der Waals surface area contributed by atoms with E-state index in [9.17, 15) is 4.79 Å². The van der Waals surface area contributed by atoms with Gasteiger partial charge in [-0.15, -0.1) is 0 Å². The van der Waals surface area contributed by atoms with Crippen LogP contribution in [0.2, 0.25) is 0 Å². The van der Waals surface area contributed by atoms with E-state index in [0.717, 1.165) is 63.6 Å². The average Bonchev–Trinajstić information content (AvgIpc) is 2.68. The Morgan fingerprint density at radius 1 is 1.23 bits per heavy atom. The van der Waals surface area contributed by atoms with Crippen molar-refractivity contribution >= 4 is 28.8 Å². The molecule has 0 unspecified atom stereocenters. The largest absolute Gasteiger partial charge is 0.378 e. The number of benzene rings is 1. The minimum atomic E-state index is 0.00778. The van der Waals surface area contributed by atoms with Crippen LogP contribution in [-0.4, -0.2) is 55.5 Å². The Hall–Kier alpha value is -1.70. The molecule has 3 rings (SSSR count). The van der Waals surface area contributed by atoms with Gasteiger partial charge in [-0.1, -0.05) is 0 Å². The number of rotatable bonds is 7. The molecule has 0 amide bonds. The van der Waals surface area contributed by atoms with Gasteiger partial charge in [0.05, 0.1) is 43.8 Å². The maximum Gasteiger partial charge on any atom is 0.262 e. The van der Waals surface area contributed by atoms with Crippen molar-refractivity contribution in [2.24, 2.45) is 0 Å². The van der Waals surface area contributed by atoms with Crippen molar-refractivity contribution in [3.05, 3.63) is 33.3 Å². The number of nitrogens with one attached hydrogen (secondary N) is 2. The minimum absolute atomic E-state index is 0.00778. The lowest BCUT2D eigenvalue weighted by Gasteiger charge is -2.29. The zero-order chi connectivity index (χ0) is 18.5. The van der Waals surface area contributed by atoms with E-state index in [1.165, 1.54) is 0 Å². The highest BCUT2D eigenvalue weighted by Gasteiger charge is 2.14. The Labute approximate surface area is 159 Å². The molecule has 1 aliphatic rings. The molecule has 1 aromatic heterocycles. The molecule has 0 radical (unpaired) electrons. The monoisotopic (exact) mass is 377 g/mol. The summed E-state index contributed by atoms with van der Waals surface area (Å²) in [4.78, 5) is 20.1. The Bertz CT molecular complexity index is 851. The maximum atomic E-state index is 13.0. The lowest BCUT2D eigenvalue weighted by atomic mass is 10.2. The van der Waals surface area contributed by atoms with Crippen LogP contribution in [0.4, 0.5) is 5.69 Å². The molecule has 7 heteroatoms. The molecule has 0 bridgehead atoms. The number of hydrogen-bond acceptors (Lipinski definition) is 4. The predicted molar refractivity (Wildman–Crippen MR) is 108 cm³/mol. The van der Waals surface area contributed by atoms with Crippen LogP contribution in [0, 0.1) is 4.77 Å². The third-order valence-corrected chi connectivity index (χ3v) is 5.58. The molecule has 0 aliphatic carbocycles. The molecule has 0 atom stereocenters. The molecule has 26 heavy (non-hydrogen) atoms. The van der Waals surface area contributed by atoms with Crippen LogP contribution in [-0.2, 0) is 11.3 Å². The first kappa shape index (κ1) is 19.1. The van der Waals surface area contributed by atoms with Gasteiger partial charge in [0.25, 0.3) is 5.56 Å². The molecule has 6 nitrogen and oxygen atoms in total. The van der Waals surface area contributed by atoms with Crippen LogP contribution < -0.4 is 15.4 Å². The van der Waals surface area contributed by atoms with Crippen molar-refractivity contribution in [3.63, 3.8) is 0 Å². The van der Waals surface area contributed by atoms with Crippen molar-refractivity contribution in [1.29, 1.82) is 0 Å². The predicted octanol–water partition coefficient (Wildman–Crippen LogP) is 1.21. The number of anilines is 1. The smallest absolute Gasteiger partial charge is 0.262 e. The summed E-state index contributed by atoms with van der Waals surface area (Å²) in [5, 5.41) is 0.706. The highest BCUT2D eigenvalue weighted by molar-refractivity contribution is 7.71. The Morgan fingerprint density at radius 2 is 1.96 bits per heavy atom. The van der Waals surface area contributed by atoms with Crippen molar-refractivity contribution in [3.8, 4) is 0 Å². The third-order valence-electron chi connectivity index (χ3n) is 5.25. The van der Waals surface area contributed by atoms with Crippen LogP contribution in [0.25, 0.3) is 10.9 Å². The zero-order valence-corrected chi connectivity index (χ0v) is 16.5. The maximum absolute atomic E-state index is 13.0. The van der Waals surface area contributed by atoms with Gasteiger partial charge in [0.15, 0.2) is 4.77 Å². The van der Waals surface area contributed by atoms with Crippen molar-refractivity contribution < 1.29 is 9.64 Å². The molecule has 2 heterocycles. The number of nitrogens with zero attached hydrogens (tertiary/aromatic N) is 2. The molecular weight excluding hydrogens is 348 g/mol. The summed E-state index contributed by atoms with van der Waals surface area (Å²) in [6.45, 7) is 11.5. The summed E-state index contributed by atoms with van der Waals surface area (Å²) in [5.41, 5.74) is 1.89. The second-order valence-corrected chi connectivity index (χ2v) is 7.16. The first-order chi connectivity index (χ1) is 12.6. The second kappa shape index (κ2) is 8.79. The number of morpholine rings is 1. The molecule has 1 aliphatic heterocycles. The fourth-order valence-electron chi connectivity index (χ4n) is 3.55. The van der Waals surface area contributed by atoms with Crippen LogP contribution in [0.15, 0.2) is 23.0 Å². The van der Waals surface area contributed by atoms with Gasteiger partial charge in [-0.25, -0.2) is 0 Å². The molecule has 1 saturated heterocycles. The Morgan fingerprint density at radius 3 is 2.65 bits per heavy atom. The molecule has 0 saturated carbocycles. The Balaban J connectivity index is 1.86. The van der Waals surface area contributed by atoms with Crippen molar-refractivity contribution in [2.45, 2.75) is 26.8 Å². The lowest BCUT2D eigenvalue weighted by molar-refractivity contribution is -0.896. The van der Waals surface area contributed by atoms with Crippen LogP contribution in [0.1, 0.15) is 20.3 Å². The summed E-state index contributed by atoms with van der Waals surface area (Å²) in [6, 6.07) is 5.99. The van der Waals surface area contributed by atoms with Crippen LogP contribution in [0.5, 0.6) is 0 Å². The van der Waals surface area contributed by atoms with Gasteiger partial charge in [-0.2, -0.15) is 0 Å². The minimum Gasteiger partial charge on any atom is -0.378 e. The standard InChI is InChI=1S/C19H28N4O2S/c1-3-21(4-2)8-5-9-23-18(24)16-14-15(22-10-12-25-13-11-22)6-7-17(16)20-19(23)26/h6-7,14H,3-5,8-13H2,1-2H3,(H,20,26)/p+1. The van der Waals surface area contributed by atoms with Gasteiger partial charge in [0.2, 0.25) is 0 Å². The van der Waals surface area contributed by atoms with E-state index >= 15 is 0 Å². The van der Waals surface area contributed by atoms with Crippen molar-refractivity contribution in [1.82, 2.24) is 9.55 Å². The van der Waals surface area contributed by atoms with E-state index in [1.54, 1.807) is 9.47 Å². The fourth-order valence-corrected chi connectivity index (χ4v) is 3.83. The van der Waals surface area contributed by atoms with Gasteiger partial charge >= 0.3 is 0 Å². The lowest BCUT2D eigenvalue weighted by Crippen LogP contribution is -3.11. The van der Waals surface area contributed by atoms with Crippen LogP contribution >= 0.6 is 12.2 Å². The van der Waals surface area contributed by atoms with Gasteiger partial charge in [0.1, 0.15) is 0 Å². The molecule has 142 valence electrons. The van der Waals surface area contributed by atoms with Gasteiger partial charge in [-0.3, -0.25) is 9.36 Å². The van der Waals surface area contributed by atoms with E-state index in [-0.39, 0.29) is 5.56 Å². The first-order valence-electron chi connectivity index (χ1n) is 9.57. The van der Waals surface area contributed by atoms with E-state index < -0.39 is 0 Å². The number of aromatic amines is 1. The normalized spacial score (nSPS) is 15.1. The number of ether oxygens (including phenoxy) is 1. The Kier molecular flexibility index (Phi) is 6.45. The molecule has 1 fully saturated rings. The SMILES string of the molecule is CC[NH+](CC)CCCn1c(=S)[nH]c2ccc(N3CCOCC3)cc2c1=O. The topological polar surface area (TPSA) is 54.7 Å². The highest BCUT2D eigenvalue weighted by atomic mass is 32.1. The van der Waals surface area contributed by atoms with Gasteiger partial charge in [-0.05, 0) is 44.3 Å². The molecule has 0 spiro atoms. The number of quaternary nitrogens is 1. The number of hydrogen-bond donors (Lipinski definition) is 2. The molecular formula is C19H29N4O2S+. The van der Waals surface area contributed by atoms with Crippen molar-refractivity contribution in [2.75, 3.05) is 50.8 Å². The summed E-state index contributed by atoms with van der Waals surface area (Å²) < 4.78 is 7.64. The molecule has 1 aromatic carbocycles. The third kappa shape index (κ3) is 4.16. The van der Waals surface area contributed by atoms with E-state index in [0.29, 0.717) is 16.7 Å². The van der Waals surface area contributed by atoms with Crippen LogP contribution in [0.3, 0.4) is 0 Å². The first-order valence-corrected chi connectivity index (χ1v) is 9.98. The summed E-state index contributed by atoms with van der Waals surface area (Å²) >= 11 is 5.43. The molecule has 2 N–H and O–H groups in total. The summed E-state index contributed by atoms with van der Waals surface area (Å²) in [7, 11) is 0. The second-order valence-electron chi connectivity index (χ2n) is 6.78. The molecule has 2 aromatic rings. The number of fused-ring (bicyclic) bond motifs is 1. The summed E-state index contributed by atoms with van der Waals surface area (Å²) in [6.07, 6.45) is 0.947. The quantitative estimate of drug-likeness (QED) is 0.713. The summed E-state index contributed by atoms with van der Waals surface area (Å²) in [5.74, 6) is 0.